The van der Waals surface area contributed by atoms with Crippen molar-refractivity contribution < 1.29 is 4.39 Å². The fourth-order valence-corrected chi connectivity index (χ4v) is 1.67. The maximum Gasteiger partial charge on any atom is 0.125 e. The highest BCUT2D eigenvalue weighted by Crippen LogP contribution is 2.12. The first kappa shape index (κ1) is 11.7. The summed E-state index contributed by atoms with van der Waals surface area (Å²) in [7, 11) is 0. The Morgan fingerprint density at radius 1 is 1.35 bits per heavy atom. The van der Waals surface area contributed by atoms with Gasteiger partial charge in [-0.1, -0.05) is 5.21 Å². The highest BCUT2D eigenvalue weighted by molar-refractivity contribution is 5.35. The van der Waals surface area contributed by atoms with Gasteiger partial charge in [0, 0.05) is 0 Å². The molecule has 2 aromatic rings. The number of rotatable bonds is 4. The lowest BCUT2D eigenvalue weighted by Crippen LogP contribution is -2.00. The Kier molecular flexibility index (Phi) is 3.49. The van der Waals surface area contributed by atoms with Crippen LogP contribution in [0.25, 0.3) is 5.69 Å². The lowest BCUT2D eigenvalue weighted by Gasteiger charge is -2.01. The van der Waals surface area contributed by atoms with Crippen molar-refractivity contribution in [1.29, 1.82) is 0 Å². The molecule has 1 aromatic carbocycles. The van der Waals surface area contributed by atoms with Crippen molar-refractivity contribution in [3.05, 3.63) is 41.5 Å². The number of halogens is 1. The molecule has 0 saturated heterocycles. The van der Waals surface area contributed by atoms with Crippen LogP contribution in [0.1, 0.15) is 17.7 Å². The number of nitrogens with two attached hydrogens (primary N) is 1. The highest BCUT2D eigenvalue weighted by Gasteiger charge is 2.04. The molecule has 0 unspecified atom stereocenters. The van der Waals surface area contributed by atoms with Crippen LogP contribution >= 0.6 is 0 Å². The van der Waals surface area contributed by atoms with Crippen LogP contribution in [0.5, 0.6) is 0 Å². The van der Waals surface area contributed by atoms with E-state index in [0.717, 1.165) is 24.1 Å². The zero-order chi connectivity index (χ0) is 12.3. The summed E-state index contributed by atoms with van der Waals surface area (Å²) < 4.78 is 14.8. The fourth-order valence-electron chi connectivity index (χ4n) is 1.67. The summed E-state index contributed by atoms with van der Waals surface area (Å²) in [4.78, 5) is 0. The van der Waals surface area contributed by atoms with Crippen LogP contribution in [-0.4, -0.2) is 21.5 Å². The minimum absolute atomic E-state index is 0.265. The molecule has 0 amide bonds. The first-order valence-electron chi connectivity index (χ1n) is 5.58. The first-order chi connectivity index (χ1) is 8.19. The zero-order valence-corrected chi connectivity index (χ0v) is 9.73. The van der Waals surface area contributed by atoms with Crippen LogP contribution in [-0.2, 0) is 6.42 Å². The van der Waals surface area contributed by atoms with Gasteiger partial charge in [0.2, 0.25) is 0 Å². The third-order valence-electron chi connectivity index (χ3n) is 2.47. The maximum absolute atomic E-state index is 13.2. The van der Waals surface area contributed by atoms with Crippen LogP contribution in [0.15, 0.2) is 24.4 Å². The summed E-state index contributed by atoms with van der Waals surface area (Å²) >= 11 is 0. The fraction of sp³-hybridized carbons (Fsp3) is 0.333. The molecule has 2 rings (SSSR count). The molecule has 1 heterocycles. The Labute approximate surface area is 99.2 Å². The van der Waals surface area contributed by atoms with Gasteiger partial charge in [-0.05, 0) is 50.1 Å². The van der Waals surface area contributed by atoms with E-state index in [4.69, 9.17) is 5.73 Å². The third-order valence-corrected chi connectivity index (χ3v) is 2.47. The van der Waals surface area contributed by atoms with E-state index in [1.54, 1.807) is 4.68 Å². The van der Waals surface area contributed by atoms with E-state index in [1.165, 1.54) is 12.1 Å². The number of nitrogens with zero attached hydrogens (tertiary/aromatic N) is 3. The van der Waals surface area contributed by atoms with E-state index in [9.17, 15) is 4.39 Å². The van der Waals surface area contributed by atoms with Crippen LogP contribution in [0.3, 0.4) is 0 Å². The summed E-state index contributed by atoms with van der Waals surface area (Å²) in [6.07, 6.45) is 3.48. The molecule has 0 saturated carbocycles. The zero-order valence-electron chi connectivity index (χ0n) is 9.73. The molecule has 0 aliphatic carbocycles. The molecule has 1 aromatic heterocycles. The minimum Gasteiger partial charge on any atom is -0.330 e. The molecule has 0 atom stereocenters. The topological polar surface area (TPSA) is 56.7 Å². The van der Waals surface area contributed by atoms with Crippen molar-refractivity contribution in [3.63, 3.8) is 0 Å². The summed E-state index contributed by atoms with van der Waals surface area (Å²) in [6.45, 7) is 2.48. The van der Waals surface area contributed by atoms with Crippen LogP contribution < -0.4 is 5.73 Å². The maximum atomic E-state index is 13.2. The van der Waals surface area contributed by atoms with Crippen molar-refractivity contribution in [2.75, 3.05) is 6.54 Å². The number of hydrogen-bond acceptors (Lipinski definition) is 3. The van der Waals surface area contributed by atoms with Crippen molar-refractivity contribution in [1.82, 2.24) is 15.0 Å². The number of aromatic nitrogens is 3. The van der Waals surface area contributed by atoms with Gasteiger partial charge in [-0.15, -0.1) is 5.10 Å². The normalized spacial score (nSPS) is 10.8. The molecule has 0 spiro atoms. The molecule has 0 bridgehead atoms. The van der Waals surface area contributed by atoms with E-state index in [0.29, 0.717) is 12.2 Å². The van der Waals surface area contributed by atoms with E-state index in [-0.39, 0.29) is 5.82 Å². The summed E-state index contributed by atoms with van der Waals surface area (Å²) in [5.74, 6) is -0.265. The lowest BCUT2D eigenvalue weighted by molar-refractivity contribution is 0.623. The van der Waals surface area contributed by atoms with Crippen molar-refractivity contribution >= 4 is 0 Å². The van der Waals surface area contributed by atoms with Gasteiger partial charge in [0.1, 0.15) is 5.82 Å². The SMILES string of the molecule is Cc1cc(F)cc(-n2cc(CCCN)nn2)c1. The highest BCUT2D eigenvalue weighted by atomic mass is 19.1. The van der Waals surface area contributed by atoms with E-state index >= 15 is 0 Å². The van der Waals surface area contributed by atoms with Gasteiger partial charge in [-0.3, -0.25) is 0 Å². The van der Waals surface area contributed by atoms with Crippen molar-refractivity contribution in [2.45, 2.75) is 19.8 Å². The summed E-state index contributed by atoms with van der Waals surface area (Å²) in [5.41, 5.74) is 7.85. The van der Waals surface area contributed by atoms with Gasteiger partial charge in [0.25, 0.3) is 0 Å². The number of benzene rings is 1. The van der Waals surface area contributed by atoms with Crippen molar-refractivity contribution in [2.24, 2.45) is 5.73 Å². The Morgan fingerprint density at radius 2 is 2.18 bits per heavy atom. The van der Waals surface area contributed by atoms with Gasteiger partial charge >= 0.3 is 0 Å². The monoisotopic (exact) mass is 234 g/mol. The second-order valence-corrected chi connectivity index (χ2v) is 4.03. The van der Waals surface area contributed by atoms with E-state index in [2.05, 4.69) is 10.3 Å². The molecule has 0 aliphatic rings. The largest absolute Gasteiger partial charge is 0.330 e. The van der Waals surface area contributed by atoms with Gasteiger partial charge in [-0.25, -0.2) is 9.07 Å². The molecular formula is C12H15FN4. The van der Waals surface area contributed by atoms with Crippen LogP contribution in [0.4, 0.5) is 4.39 Å². The summed E-state index contributed by atoms with van der Waals surface area (Å²) in [5, 5.41) is 8.01. The summed E-state index contributed by atoms with van der Waals surface area (Å²) in [6, 6.07) is 4.79. The molecule has 0 radical (unpaired) electrons. The Balaban J connectivity index is 2.24. The van der Waals surface area contributed by atoms with Crippen LogP contribution in [0, 0.1) is 12.7 Å². The molecule has 90 valence electrons. The van der Waals surface area contributed by atoms with Gasteiger partial charge in [0.15, 0.2) is 0 Å². The Bertz CT molecular complexity index is 487. The van der Waals surface area contributed by atoms with Gasteiger partial charge < -0.3 is 5.73 Å². The molecule has 2 N–H and O–H groups in total. The number of hydrogen-bond donors (Lipinski definition) is 1. The van der Waals surface area contributed by atoms with E-state index < -0.39 is 0 Å². The predicted octanol–water partition coefficient (Wildman–Crippen LogP) is 1.61. The first-order valence-corrected chi connectivity index (χ1v) is 5.58. The molecular weight excluding hydrogens is 219 g/mol. The second kappa shape index (κ2) is 5.05. The lowest BCUT2D eigenvalue weighted by atomic mass is 10.2. The second-order valence-electron chi connectivity index (χ2n) is 4.03. The van der Waals surface area contributed by atoms with Crippen molar-refractivity contribution in [3.8, 4) is 5.69 Å². The van der Waals surface area contributed by atoms with Crippen LogP contribution in [0.2, 0.25) is 0 Å². The molecule has 4 nitrogen and oxygen atoms in total. The quantitative estimate of drug-likeness (QED) is 0.874. The van der Waals surface area contributed by atoms with E-state index in [1.807, 2.05) is 19.2 Å². The molecule has 5 heteroatoms. The average molecular weight is 234 g/mol. The Morgan fingerprint density at radius 3 is 2.88 bits per heavy atom. The van der Waals surface area contributed by atoms with Gasteiger partial charge in [0.05, 0.1) is 17.6 Å². The predicted molar refractivity (Wildman–Crippen MR) is 63.4 cm³/mol. The smallest absolute Gasteiger partial charge is 0.125 e. The third kappa shape index (κ3) is 2.88. The standard InChI is InChI=1S/C12H15FN4/c1-9-5-10(13)7-12(6-9)17-8-11(15-16-17)3-2-4-14/h5-8H,2-4,14H2,1H3. The molecule has 0 fully saturated rings. The Hall–Kier alpha value is -1.75. The molecule has 17 heavy (non-hydrogen) atoms. The molecule has 0 aliphatic heterocycles. The average Bonchev–Trinajstić information content (AvgIpc) is 2.73. The number of aryl methyl sites for hydroxylation is 2. The minimum atomic E-state index is -0.265. The van der Waals surface area contributed by atoms with Gasteiger partial charge in [-0.2, -0.15) is 0 Å².